The number of nitrogens with zero attached hydrogens (tertiary/aromatic N) is 4. The van der Waals surface area contributed by atoms with Gasteiger partial charge >= 0.3 is 0 Å². The van der Waals surface area contributed by atoms with Crippen LogP contribution < -0.4 is 5.32 Å². The lowest BCUT2D eigenvalue weighted by Crippen LogP contribution is -2.04. The van der Waals surface area contributed by atoms with Crippen LogP contribution in [0.1, 0.15) is 41.1 Å². The Morgan fingerprint density at radius 1 is 1.35 bits per heavy atom. The van der Waals surface area contributed by atoms with Gasteiger partial charge in [0, 0.05) is 11.5 Å². The highest BCUT2D eigenvalue weighted by atomic mass is 32.1. The van der Waals surface area contributed by atoms with Gasteiger partial charge in [0.05, 0.1) is 11.9 Å². The fourth-order valence-corrected chi connectivity index (χ4v) is 3.72. The van der Waals surface area contributed by atoms with Crippen LogP contribution >= 0.6 is 11.3 Å². The van der Waals surface area contributed by atoms with Crippen LogP contribution in [-0.4, -0.2) is 26.7 Å². The van der Waals surface area contributed by atoms with Crippen LogP contribution in [0.2, 0.25) is 0 Å². The zero-order valence-corrected chi connectivity index (χ0v) is 13.8. The van der Waals surface area contributed by atoms with E-state index in [9.17, 15) is 0 Å². The molecule has 1 N–H and O–H groups in total. The van der Waals surface area contributed by atoms with E-state index in [1.807, 2.05) is 0 Å². The van der Waals surface area contributed by atoms with E-state index in [4.69, 9.17) is 9.26 Å². The van der Waals surface area contributed by atoms with Crippen molar-refractivity contribution in [3.05, 3.63) is 28.5 Å². The molecule has 0 bridgehead atoms. The Bertz CT molecular complexity index is 838. The molecular weight excluding hydrogens is 314 g/mol. The minimum Gasteiger partial charge on any atom is -0.368 e. The molecule has 0 aromatic carbocycles. The van der Waals surface area contributed by atoms with Gasteiger partial charge in [0.25, 0.3) is 5.89 Å². The van der Waals surface area contributed by atoms with Gasteiger partial charge in [-0.15, -0.1) is 11.3 Å². The SMILES string of the molecule is Cc1sc2ncnc(NCc3noc([C@@H]4CCCO4)n3)c2c1C. The van der Waals surface area contributed by atoms with Crippen molar-refractivity contribution in [1.82, 2.24) is 20.1 Å². The van der Waals surface area contributed by atoms with Gasteiger partial charge in [0.1, 0.15) is 23.1 Å². The molecule has 4 heterocycles. The summed E-state index contributed by atoms with van der Waals surface area (Å²) in [6.07, 6.45) is 3.50. The van der Waals surface area contributed by atoms with E-state index < -0.39 is 0 Å². The van der Waals surface area contributed by atoms with Crippen molar-refractivity contribution in [2.24, 2.45) is 0 Å². The number of hydrogen-bond donors (Lipinski definition) is 1. The first-order valence-corrected chi connectivity index (χ1v) is 8.42. The van der Waals surface area contributed by atoms with Crippen LogP contribution in [0.3, 0.4) is 0 Å². The van der Waals surface area contributed by atoms with Crippen molar-refractivity contribution in [1.29, 1.82) is 0 Å². The van der Waals surface area contributed by atoms with E-state index in [2.05, 4.69) is 39.3 Å². The summed E-state index contributed by atoms with van der Waals surface area (Å²) < 4.78 is 10.9. The van der Waals surface area contributed by atoms with E-state index in [1.54, 1.807) is 17.7 Å². The van der Waals surface area contributed by atoms with Crippen molar-refractivity contribution in [2.45, 2.75) is 39.3 Å². The summed E-state index contributed by atoms with van der Waals surface area (Å²) in [4.78, 5) is 15.3. The summed E-state index contributed by atoms with van der Waals surface area (Å²) >= 11 is 1.68. The molecule has 120 valence electrons. The molecule has 0 aliphatic carbocycles. The summed E-state index contributed by atoms with van der Waals surface area (Å²) in [6, 6.07) is 0. The molecule has 23 heavy (non-hydrogen) atoms. The third-order valence-corrected chi connectivity index (χ3v) is 5.18. The van der Waals surface area contributed by atoms with Crippen LogP contribution in [0.15, 0.2) is 10.9 Å². The van der Waals surface area contributed by atoms with E-state index >= 15 is 0 Å². The second-order valence-electron chi connectivity index (χ2n) is 5.59. The molecule has 1 aliphatic rings. The van der Waals surface area contributed by atoms with Gasteiger partial charge in [-0.1, -0.05) is 5.16 Å². The van der Waals surface area contributed by atoms with Crippen molar-refractivity contribution in [3.8, 4) is 0 Å². The number of fused-ring (bicyclic) bond motifs is 1. The molecule has 0 saturated carbocycles. The summed E-state index contributed by atoms with van der Waals surface area (Å²) in [7, 11) is 0. The molecule has 1 fully saturated rings. The van der Waals surface area contributed by atoms with Crippen LogP contribution in [-0.2, 0) is 11.3 Å². The van der Waals surface area contributed by atoms with Crippen LogP contribution in [0.25, 0.3) is 10.2 Å². The molecule has 0 radical (unpaired) electrons. The first-order chi connectivity index (χ1) is 11.2. The van der Waals surface area contributed by atoms with E-state index in [0.717, 1.165) is 35.5 Å². The number of ether oxygens (including phenoxy) is 1. The van der Waals surface area contributed by atoms with E-state index in [-0.39, 0.29) is 6.10 Å². The third kappa shape index (κ3) is 2.68. The highest BCUT2D eigenvalue weighted by Gasteiger charge is 2.23. The number of aromatic nitrogens is 4. The van der Waals surface area contributed by atoms with Crippen LogP contribution in [0, 0.1) is 13.8 Å². The van der Waals surface area contributed by atoms with Crippen LogP contribution in [0.4, 0.5) is 5.82 Å². The molecule has 3 aromatic heterocycles. The lowest BCUT2D eigenvalue weighted by molar-refractivity contribution is 0.0835. The number of anilines is 1. The summed E-state index contributed by atoms with van der Waals surface area (Å²) in [5, 5.41) is 8.37. The Balaban J connectivity index is 1.53. The number of thiophene rings is 1. The smallest absolute Gasteiger partial charge is 0.255 e. The fourth-order valence-electron chi connectivity index (χ4n) is 2.72. The summed E-state index contributed by atoms with van der Waals surface area (Å²) in [6.45, 7) is 5.40. The molecule has 0 amide bonds. The van der Waals surface area contributed by atoms with Crippen molar-refractivity contribution in [3.63, 3.8) is 0 Å². The van der Waals surface area contributed by atoms with Crippen molar-refractivity contribution in [2.75, 3.05) is 11.9 Å². The normalized spacial score (nSPS) is 17.9. The van der Waals surface area contributed by atoms with Crippen molar-refractivity contribution < 1.29 is 9.26 Å². The largest absolute Gasteiger partial charge is 0.368 e. The summed E-state index contributed by atoms with van der Waals surface area (Å²) in [5.74, 6) is 1.97. The average Bonchev–Trinajstić information content (AvgIpc) is 3.27. The van der Waals surface area contributed by atoms with Crippen molar-refractivity contribution >= 4 is 27.4 Å². The monoisotopic (exact) mass is 331 g/mol. The molecule has 3 aromatic rings. The zero-order valence-electron chi connectivity index (χ0n) is 13.0. The number of nitrogens with one attached hydrogen (secondary N) is 1. The topological polar surface area (TPSA) is 86.0 Å². The number of hydrogen-bond acceptors (Lipinski definition) is 8. The lowest BCUT2D eigenvalue weighted by Gasteiger charge is -2.04. The Labute approximate surface area is 137 Å². The second-order valence-corrected chi connectivity index (χ2v) is 6.79. The minimum absolute atomic E-state index is 0.0521. The van der Waals surface area contributed by atoms with E-state index in [1.165, 1.54) is 10.4 Å². The molecule has 0 unspecified atom stereocenters. The molecule has 0 spiro atoms. The van der Waals surface area contributed by atoms with Gasteiger partial charge in [0.2, 0.25) is 0 Å². The molecule has 1 aliphatic heterocycles. The Hall–Kier alpha value is -2.06. The number of rotatable bonds is 4. The third-order valence-electron chi connectivity index (χ3n) is 4.07. The molecule has 8 heteroatoms. The Kier molecular flexibility index (Phi) is 3.70. The Morgan fingerprint density at radius 3 is 3.09 bits per heavy atom. The van der Waals surface area contributed by atoms with Crippen LogP contribution in [0.5, 0.6) is 0 Å². The quantitative estimate of drug-likeness (QED) is 0.786. The van der Waals surface area contributed by atoms with Gasteiger partial charge in [-0.05, 0) is 32.3 Å². The number of aryl methyl sites for hydroxylation is 2. The fraction of sp³-hybridized carbons (Fsp3) is 0.467. The first-order valence-electron chi connectivity index (χ1n) is 7.61. The van der Waals surface area contributed by atoms with Gasteiger partial charge in [-0.3, -0.25) is 0 Å². The maximum Gasteiger partial charge on any atom is 0.255 e. The maximum absolute atomic E-state index is 5.56. The van der Waals surface area contributed by atoms with Gasteiger partial charge < -0.3 is 14.6 Å². The molecular formula is C15H17N5O2S. The lowest BCUT2D eigenvalue weighted by atomic mass is 10.2. The molecule has 7 nitrogen and oxygen atoms in total. The maximum atomic E-state index is 5.56. The predicted octanol–water partition coefficient (Wildman–Crippen LogP) is 3.15. The van der Waals surface area contributed by atoms with Gasteiger partial charge in [0.15, 0.2) is 5.82 Å². The second kappa shape index (κ2) is 5.86. The van der Waals surface area contributed by atoms with Gasteiger partial charge in [-0.2, -0.15) is 4.98 Å². The molecule has 1 atom stereocenters. The molecule has 1 saturated heterocycles. The summed E-state index contributed by atoms with van der Waals surface area (Å²) in [5.41, 5.74) is 1.21. The predicted molar refractivity (Wildman–Crippen MR) is 86.4 cm³/mol. The molecule has 4 rings (SSSR count). The first kappa shape index (κ1) is 14.5. The highest BCUT2D eigenvalue weighted by molar-refractivity contribution is 7.18. The highest BCUT2D eigenvalue weighted by Crippen LogP contribution is 2.32. The van der Waals surface area contributed by atoms with E-state index in [0.29, 0.717) is 18.3 Å². The Morgan fingerprint density at radius 2 is 2.26 bits per heavy atom. The minimum atomic E-state index is -0.0521. The zero-order chi connectivity index (χ0) is 15.8. The average molecular weight is 331 g/mol. The standard InChI is InChI=1S/C15H17N5O2S/c1-8-9(2)23-15-12(8)13(17-7-18-15)16-6-11-19-14(22-20-11)10-4-3-5-21-10/h7,10H,3-6H2,1-2H3,(H,16,17,18)/t10-/m0/s1. The van der Waals surface area contributed by atoms with Gasteiger partial charge in [-0.25, -0.2) is 9.97 Å².